The van der Waals surface area contributed by atoms with Gasteiger partial charge in [0.15, 0.2) is 0 Å². The molecule has 20 heavy (non-hydrogen) atoms. The Morgan fingerprint density at radius 3 is 2.25 bits per heavy atom. The van der Waals surface area contributed by atoms with E-state index in [1.54, 1.807) is 20.8 Å². The molecule has 0 unspecified atom stereocenters. The largest absolute Gasteiger partial charge is 0.467 e. The van der Waals surface area contributed by atoms with Crippen LogP contribution in [-0.4, -0.2) is 55.9 Å². The third-order valence-electron chi connectivity index (χ3n) is 2.76. The van der Waals surface area contributed by atoms with E-state index in [0.717, 1.165) is 12.0 Å². The highest BCUT2D eigenvalue weighted by Gasteiger charge is 2.47. The molecule has 0 aromatic heterocycles. The molecule has 1 rings (SSSR count). The molecule has 9 heteroatoms. The summed E-state index contributed by atoms with van der Waals surface area (Å²) in [7, 11) is -3.74. The second-order valence-corrected chi connectivity index (χ2v) is 7.12. The zero-order valence-electron chi connectivity index (χ0n) is 11.8. The third kappa shape index (κ3) is 4.06. The van der Waals surface area contributed by atoms with E-state index >= 15 is 0 Å². The van der Waals surface area contributed by atoms with Crippen molar-refractivity contribution in [3.8, 4) is 0 Å². The van der Waals surface area contributed by atoms with Gasteiger partial charge in [-0.15, -0.1) is 3.89 Å². The lowest BCUT2D eigenvalue weighted by molar-refractivity contribution is -0.145. The van der Waals surface area contributed by atoms with E-state index < -0.39 is 45.7 Å². The van der Waals surface area contributed by atoms with Crippen LogP contribution in [0.2, 0.25) is 0 Å². The average molecular weight is 311 g/mol. The highest BCUT2D eigenvalue weighted by Crippen LogP contribution is 2.27. The minimum atomic E-state index is -4.84. The summed E-state index contributed by atoms with van der Waals surface area (Å²) in [6.45, 7) is 4.43. The molecule has 2 atom stereocenters. The molecule has 0 aromatic carbocycles. The molecule has 1 aliphatic rings. The van der Waals surface area contributed by atoms with Crippen LogP contribution in [0, 0.1) is 0 Å². The summed E-state index contributed by atoms with van der Waals surface area (Å²) < 4.78 is 44.5. The summed E-state index contributed by atoms with van der Waals surface area (Å²) in [6, 6.07) is -1.16. The molecule has 0 bridgehead atoms. The van der Waals surface area contributed by atoms with Gasteiger partial charge in [-0.2, -0.15) is 8.42 Å². The molecule has 0 spiro atoms. The van der Waals surface area contributed by atoms with Crippen LogP contribution >= 0.6 is 0 Å². The minimum absolute atomic E-state index is 0.343. The normalized spacial score (nSPS) is 23.6. The van der Waals surface area contributed by atoms with Gasteiger partial charge in [0, 0.05) is 6.54 Å². The molecule has 7 nitrogen and oxygen atoms in total. The molecule has 0 saturated carbocycles. The van der Waals surface area contributed by atoms with Gasteiger partial charge < -0.3 is 9.47 Å². The first kappa shape index (κ1) is 16.7. The number of methoxy groups -OCH3 is 1. The Morgan fingerprint density at radius 2 is 1.85 bits per heavy atom. The molecular weight excluding hydrogens is 293 g/mol. The zero-order chi connectivity index (χ0) is 15.7. The second kappa shape index (κ2) is 5.55. The summed E-state index contributed by atoms with van der Waals surface area (Å²) in [5.41, 5.74) is -0.815. The van der Waals surface area contributed by atoms with Crippen molar-refractivity contribution in [3.05, 3.63) is 0 Å². The molecule has 0 radical (unpaired) electrons. The Kier molecular flexibility index (Phi) is 4.62. The molecule has 1 fully saturated rings. The van der Waals surface area contributed by atoms with Gasteiger partial charge in [-0.3, -0.25) is 4.90 Å². The molecule has 1 aliphatic heterocycles. The Labute approximate surface area is 117 Å². The van der Waals surface area contributed by atoms with Gasteiger partial charge >= 0.3 is 22.3 Å². The van der Waals surface area contributed by atoms with Crippen molar-refractivity contribution in [1.82, 2.24) is 4.90 Å². The summed E-state index contributed by atoms with van der Waals surface area (Å²) >= 11 is 0. The van der Waals surface area contributed by atoms with E-state index in [-0.39, 0.29) is 6.42 Å². The van der Waals surface area contributed by atoms with Crippen LogP contribution in [0.1, 0.15) is 27.2 Å². The Morgan fingerprint density at radius 1 is 1.30 bits per heavy atom. The highest BCUT2D eigenvalue weighted by molar-refractivity contribution is 7.87. The van der Waals surface area contributed by atoms with Gasteiger partial charge in [0.05, 0.1) is 7.11 Å². The van der Waals surface area contributed by atoms with Crippen LogP contribution in [0.3, 0.4) is 0 Å². The van der Waals surface area contributed by atoms with Gasteiger partial charge in [-0.25, -0.2) is 9.59 Å². The number of amides is 1. The first-order valence-electron chi connectivity index (χ1n) is 5.96. The van der Waals surface area contributed by atoms with E-state index in [1.807, 2.05) is 0 Å². The van der Waals surface area contributed by atoms with Gasteiger partial charge in [0.1, 0.15) is 16.9 Å². The summed E-state index contributed by atoms with van der Waals surface area (Å²) in [5.74, 6) is -0.804. The van der Waals surface area contributed by atoms with Crippen LogP contribution in [0.15, 0.2) is 0 Å². The molecular formula is C11H18FNO6S. The van der Waals surface area contributed by atoms with E-state index in [1.165, 1.54) is 0 Å². The number of carbonyl (C=O) groups is 2. The van der Waals surface area contributed by atoms with Gasteiger partial charge in [0.2, 0.25) is 0 Å². The molecule has 1 heterocycles. The molecule has 0 aliphatic carbocycles. The van der Waals surface area contributed by atoms with E-state index in [2.05, 4.69) is 4.74 Å². The Bertz CT molecular complexity index is 498. The van der Waals surface area contributed by atoms with Gasteiger partial charge in [-0.05, 0) is 27.2 Å². The fourth-order valence-electron chi connectivity index (χ4n) is 1.88. The number of rotatable bonds is 2. The quantitative estimate of drug-likeness (QED) is 0.554. The number of hydrogen-bond donors (Lipinski definition) is 0. The lowest BCUT2D eigenvalue weighted by atomic mass is 10.2. The molecule has 0 aromatic rings. The maximum absolute atomic E-state index is 13.1. The smallest absolute Gasteiger partial charge is 0.411 e. The first-order valence-corrected chi connectivity index (χ1v) is 7.41. The number of hydrogen-bond acceptors (Lipinski definition) is 6. The minimum Gasteiger partial charge on any atom is -0.467 e. The van der Waals surface area contributed by atoms with Crippen LogP contribution in [0.4, 0.5) is 8.68 Å². The van der Waals surface area contributed by atoms with Crippen LogP contribution in [0.5, 0.6) is 0 Å². The topological polar surface area (TPSA) is 90.0 Å². The monoisotopic (exact) mass is 311 g/mol. The maximum atomic E-state index is 13.1. The predicted molar refractivity (Wildman–Crippen MR) is 67.2 cm³/mol. The predicted octanol–water partition coefficient (Wildman–Crippen LogP) is 0.837. The molecule has 1 amide bonds. The zero-order valence-corrected chi connectivity index (χ0v) is 12.6. The highest BCUT2D eigenvalue weighted by atomic mass is 32.3. The van der Waals surface area contributed by atoms with E-state index in [4.69, 9.17) is 4.74 Å². The number of ether oxygens (including phenoxy) is 2. The van der Waals surface area contributed by atoms with Crippen LogP contribution < -0.4 is 0 Å². The number of carbonyl (C=O) groups excluding carboxylic acids is 2. The van der Waals surface area contributed by atoms with E-state index in [0.29, 0.717) is 0 Å². The first-order chi connectivity index (χ1) is 8.95. The lowest BCUT2D eigenvalue weighted by Gasteiger charge is -2.27. The summed E-state index contributed by atoms with van der Waals surface area (Å²) in [6.07, 6.45) is -1.22. The van der Waals surface area contributed by atoms with Crippen molar-refractivity contribution < 1.29 is 31.4 Å². The molecule has 1 saturated heterocycles. The SMILES string of the molecule is COC(=O)[C@@H]1C[C@H](S(=O)(=O)F)CN1C(=O)OC(C)(C)C. The van der Waals surface area contributed by atoms with Crippen molar-refractivity contribution >= 4 is 22.3 Å². The van der Waals surface area contributed by atoms with Gasteiger partial charge in [-0.1, -0.05) is 0 Å². The Hall–Kier alpha value is -1.38. The number of halogens is 1. The number of likely N-dealkylation sites (tertiary alicyclic amines) is 1. The summed E-state index contributed by atoms with van der Waals surface area (Å²) in [5, 5.41) is -1.45. The van der Waals surface area contributed by atoms with Crippen molar-refractivity contribution in [3.63, 3.8) is 0 Å². The van der Waals surface area contributed by atoms with Crippen molar-refractivity contribution in [2.24, 2.45) is 0 Å². The summed E-state index contributed by atoms with van der Waals surface area (Å²) in [4.78, 5) is 24.4. The Balaban J connectivity index is 2.96. The van der Waals surface area contributed by atoms with Crippen LogP contribution in [-0.2, 0) is 24.5 Å². The van der Waals surface area contributed by atoms with Crippen molar-refractivity contribution in [1.29, 1.82) is 0 Å². The van der Waals surface area contributed by atoms with Crippen LogP contribution in [0.25, 0.3) is 0 Å². The van der Waals surface area contributed by atoms with Crippen molar-refractivity contribution in [2.75, 3.05) is 13.7 Å². The fourth-order valence-corrected chi connectivity index (χ4v) is 2.63. The number of esters is 1. The third-order valence-corrected chi connectivity index (χ3v) is 3.90. The van der Waals surface area contributed by atoms with Gasteiger partial charge in [0.25, 0.3) is 0 Å². The number of nitrogens with zero attached hydrogens (tertiary/aromatic N) is 1. The standard InChI is InChI=1S/C11H18FNO6S/c1-11(2,3)19-10(15)13-6-7(20(12,16)17)5-8(13)9(14)18-4/h7-8H,5-6H2,1-4H3/t7-,8-/m0/s1. The average Bonchev–Trinajstić information content (AvgIpc) is 2.69. The fraction of sp³-hybridized carbons (Fsp3) is 0.818. The van der Waals surface area contributed by atoms with E-state index in [9.17, 15) is 21.9 Å². The maximum Gasteiger partial charge on any atom is 0.411 e. The molecule has 0 N–H and O–H groups in total. The molecule has 116 valence electrons. The van der Waals surface area contributed by atoms with Crippen molar-refractivity contribution in [2.45, 2.75) is 44.1 Å². The second-order valence-electron chi connectivity index (χ2n) is 5.50. The lowest BCUT2D eigenvalue weighted by Crippen LogP contribution is -2.44.